The number of halogens is 6. The number of benzene rings is 1. The minimum Gasteiger partial charge on any atom is -0.292 e. The molecule has 0 spiro atoms. The largest absolute Gasteiger partial charge is 0.420 e. The van der Waals surface area contributed by atoms with Gasteiger partial charge >= 0.3 is 22.5 Å². The van der Waals surface area contributed by atoms with Crippen LogP contribution in [0.25, 0.3) is 16.8 Å². The number of thiazole rings is 1. The van der Waals surface area contributed by atoms with Gasteiger partial charge in [0.1, 0.15) is 11.3 Å². The highest BCUT2D eigenvalue weighted by Crippen LogP contribution is 2.36. The molecule has 176 valence electrons. The van der Waals surface area contributed by atoms with E-state index < -0.39 is 43.5 Å². The van der Waals surface area contributed by atoms with Crippen molar-refractivity contribution in [1.82, 2.24) is 14.4 Å². The molecule has 1 aromatic carbocycles. The van der Waals surface area contributed by atoms with Crippen LogP contribution in [0.2, 0.25) is 0 Å². The first kappa shape index (κ1) is 23.7. The van der Waals surface area contributed by atoms with Gasteiger partial charge in [0.05, 0.1) is 23.5 Å². The van der Waals surface area contributed by atoms with E-state index in [1.807, 2.05) is 0 Å². The monoisotopic (exact) mass is 517 g/mol. The molecule has 6 nitrogen and oxygen atoms in total. The second-order valence-electron chi connectivity index (χ2n) is 6.76. The van der Waals surface area contributed by atoms with Crippen LogP contribution < -0.4 is 0 Å². The summed E-state index contributed by atoms with van der Waals surface area (Å²) in [6, 6.07) is 4.41. The van der Waals surface area contributed by atoms with Crippen LogP contribution in [0.1, 0.15) is 21.8 Å². The summed E-state index contributed by atoms with van der Waals surface area (Å²) in [5.74, 6) is 5.03. The Hall–Kier alpha value is -3.41. The van der Waals surface area contributed by atoms with Gasteiger partial charge in [-0.2, -0.15) is 34.8 Å². The first-order valence-corrected chi connectivity index (χ1v) is 11.2. The fraction of sp³-hybridized carbons (Fsp3) is 0.100. The third kappa shape index (κ3) is 4.76. The van der Waals surface area contributed by atoms with Crippen molar-refractivity contribution in [3.05, 3.63) is 70.8 Å². The number of nitrogens with zero attached hydrogens (tertiary/aromatic N) is 3. The van der Waals surface area contributed by atoms with Gasteiger partial charge in [0.25, 0.3) is 0 Å². The van der Waals surface area contributed by atoms with Crippen LogP contribution in [-0.2, 0) is 22.5 Å². The lowest BCUT2D eigenvalue weighted by Crippen LogP contribution is -2.09. The molecule has 3 heterocycles. The summed E-state index contributed by atoms with van der Waals surface area (Å²) in [4.78, 5) is 7.48. The van der Waals surface area contributed by atoms with Gasteiger partial charge in [0.2, 0.25) is 0 Å². The van der Waals surface area contributed by atoms with E-state index in [0.29, 0.717) is 11.3 Å². The number of fused-ring (bicyclic) bond motifs is 1. The summed E-state index contributed by atoms with van der Waals surface area (Å²) in [5.41, 5.74) is -2.50. The molecule has 0 atom stereocenters. The van der Waals surface area contributed by atoms with Crippen LogP contribution in [0.5, 0.6) is 0 Å². The predicted molar refractivity (Wildman–Crippen MR) is 109 cm³/mol. The van der Waals surface area contributed by atoms with Crippen molar-refractivity contribution in [2.75, 3.05) is 0 Å². The van der Waals surface area contributed by atoms with Crippen LogP contribution >= 0.6 is 11.3 Å². The fourth-order valence-corrected chi connectivity index (χ4v) is 4.30. The van der Waals surface area contributed by atoms with Crippen molar-refractivity contribution in [2.45, 2.75) is 16.6 Å². The molecule has 0 aliphatic rings. The Morgan fingerprint density at radius 2 is 1.59 bits per heavy atom. The van der Waals surface area contributed by atoms with Crippen molar-refractivity contribution >= 4 is 27.1 Å². The van der Waals surface area contributed by atoms with Gasteiger partial charge in [-0.25, -0.2) is 9.97 Å². The number of hydrogen-bond donors (Lipinski definition) is 1. The number of aromatic nitrogens is 3. The lowest BCUT2D eigenvalue weighted by Gasteiger charge is -2.12. The Morgan fingerprint density at radius 1 is 0.912 bits per heavy atom. The van der Waals surface area contributed by atoms with E-state index >= 15 is 0 Å². The molecule has 4 rings (SSSR count). The summed E-state index contributed by atoms with van der Waals surface area (Å²) in [6.45, 7) is 0. The van der Waals surface area contributed by atoms with E-state index in [9.17, 15) is 34.8 Å². The van der Waals surface area contributed by atoms with Crippen LogP contribution in [0, 0.1) is 11.8 Å². The van der Waals surface area contributed by atoms with Crippen molar-refractivity contribution in [3.8, 4) is 23.0 Å². The highest BCUT2D eigenvalue weighted by Gasteiger charge is 2.35. The maximum Gasteiger partial charge on any atom is 0.420 e. The molecular formula is C20H9F6N3O3S2. The fourth-order valence-electron chi connectivity index (χ4n) is 2.95. The third-order valence-corrected chi connectivity index (χ3v) is 6.70. The van der Waals surface area contributed by atoms with Gasteiger partial charge < -0.3 is 0 Å². The molecule has 0 saturated carbocycles. The van der Waals surface area contributed by atoms with E-state index in [4.69, 9.17) is 4.55 Å². The lowest BCUT2D eigenvalue weighted by molar-refractivity contribution is -0.138. The van der Waals surface area contributed by atoms with Gasteiger partial charge in [0, 0.05) is 6.20 Å². The van der Waals surface area contributed by atoms with Crippen LogP contribution in [0.15, 0.2) is 53.1 Å². The number of hydrogen-bond acceptors (Lipinski definition) is 5. The quantitative estimate of drug-likeness (QED) is 0.226. The van der Waals surface area contributed by atoms with Crippen molar-refractivity contribution in [2.24, 2.45) is 0 Å². The Bertz CT molecular complexity index is 1560. The number of pyridine rings is 1. The van der Waals surface area contributed by atoms with Gasteiger partial charge in [-0.1, -0.05) is 23.5 Å². The molecule has 0 unspecified atom stereocenters. The summed E-state index contributed by atoms with van der Waals surface area (Å²) in [5, 5.41) is -0.0301. The van der Waals surface area contributed by atoms with Crippen molar-refractivity contribution in [3.63, 3.8) is 0 Å². The van der Waals surface area contributed by atoms with Crippen molar-refractivity contribution in [1.29, 1.82) is 0 Å². The summed E-state index contributed by atoms with van der Waals surface area (Å²) >= 11 is 0.554. The molecule has 0 aliphatic carbocycles. The molecule has 4 aromatic rings. The van der Waals surface area contributed by atoms with Crippen LogP contribution in [-0.4, -0.2) is 27.3 Å². The van der Waals surface area contributed by atoms with Crippen LogP contribution in [0.4, 0.5) is 26.3 Å². The van der Waals surface area contributed by atoms with Gasteiger partial charge in [-0.15, -0.1) is 0 Å². The molecule has 0 radical (unpaired) electrons. The standard InChI is InChI=1S/C20H9F6N3O3S2/c21-19(22,23)13-3-1-11(2-4-13)12-7-15(20(24,25)26)18-28-8-14(29(18)10-12)5-6-16-27-9-17(33-16)34(30,31)32/h1-4,7-10H,(H,30,31,32). The molecular weight excluding hydrogens is 508 g/mol. The van der Waals surface area contributed by atoms with E-state index in [1.54, 1.807) is 0 Å². The minimum absolute atomic E-state index is 0.0159. The molecule has 3 aromatic heterocycles. The molecule has 0 fully saturated rings. The second kappa shape index (κ2) is 8.12. The minimum atomic E-state index is -4.82. The van der Waals surface area contributed by atoms with E-state index in [2.05, 4.69) is 21.8 Å². The van der Waals surface area contributed by atoms with E-state index in [1.165, 1.54) is 6.20 Å². The Balaban J connectivity index is 1.83. The molecule has 14 heteroatoms. The van der Waals surface area contributed by atoms with Crippen LogP contribution in [0.3, 0.4) is 0 Å². The zero-order valence-corrected chi connectivity index (χ0v) is 17.9. The third-order valence-electron chi connectivity index (χ3n) is 4.49. The number of imidazole rings is 1. The van der Waals surface area contributed by atoms with Gasteiger partial charge in [0.15, 0.2) is 9.22 Å². The summed E-state index contributed by atoms with van der Waals surface area (Å²) in [6.07, 6.45) is -6.24. The Morgan fingerprint density at radius 3 is 2.15 bits per heavy atom. The lowest BCUT2D eigenvalue weighted by atomic mass is 10.0. The van der Waals surface area contributed by atoms with Gasteiger partial charge in [-0.05, 0) is 41.2 Å². The number of alkyl halides is 6. The SMILES string of the molecule is O=S(=O)(O)c1cnc(C#Cc2cnc3c(C(F)(F)F)cc(-c4ccc(C(F)(F)F)cc4)cn23)s1. The highest BCUT2D eigenvalue weighted by molar-refractivity contribution is 7.88. The zero-order valence-electron chi connectivity index (χ0n) is 16.3. The first-order valence-electron chi connectivity index (χ1n) is 8.95. The number of rotatable bonds is 2. The molecule has 0 amide bonds. The predicted octanol–water partition coefficient (Wildman–Crippen LogP) is 5.14. The first-order chi connectivity index (χ1) is 15.7. The second-order valence-corrected chi connectivity index (χ2v) is 9.44. The molecule has 1 N–H and O–H groups in total. The maximum absolute atomic E-state index is 13.7. The summed E-state index contributed by atoms with van der Waals surface area (Å²) < 4.78 is 111. The summed E-state index contributed by atoms with van der Waals surface area (Å²) in [7, 11) is -4.48. The topological polar surface area (TPSA) is 84.6 Å². The van der Waals surface area contributed by atoms with E-state index in [0.717, 1.165) is 47.1 Å². The zero-order chi connectivity index (χ0) is 24.9. The normalized spacial score (nSPS) is 12.6. The van der Waals surface area contributed by atoms with E-state index in [-0.39, 0.29) is 21.8 Å². The molecule has 34 heavy (non-hydrogen) atoms. The Kier molecular flexibility index (Phi) is 5.67. The average Bonchev–Trinajstić information content (AvgIpc) is 3.37. The smallest absolute Gasteiger partial charge is 0.292 e. The molecule has 0 bridgehead atoms. The average molecular weight is 517 g/mol. The van der Waals surface area contributed by atoms with Gasteiger partial charge in [-0.3, -0.25) is 8.95 Å². The maximum atomic E-state index is 13.7. The molecule has 0 saturated heterocycles. The van der Waals surface area contributed by atoms with Crippen molar-refractivity contribution < 1.29 is 39.3 Å². The molecule has 0 aliphatic heterocycles. The highest BCUT2D eigenvalue weighted by atomic mass is 32.3. The Labute approximate surface area is 191 Å².